The molecule has 0 aromatic carbocycles. The topological polar surface area (TPSA) is 62.2 Å². The molecule has 0 aliphatic carbocycles. The first kappa shape index (κ1) is 12.6. The summed E-state index contributed by atoms with van der Waals surface area (Å²) in [4.78, 5) is 14.2. The van der Waals surface area contributed by atoms with Crippen LogP contribution in [0.15, 0.2) is 24.5 Å². The third kappa shape index (κ3) is 6.14. The van der Waals surface area contributed by atoms with Gasteiger partial charge in [0.05, 0.1) is 0 Å². The van der Waals surface area contributed by atoms with Gasteiger partial charge in [0.25, 0.3) is 0 Å². The molecule has 4 heteroatoms. The molecule has 0 spiro atoms. The van der Waals surface area contributed by atoms with Crippen molar-refractivity contribution >= 4 is 5.97 Å². The van der Waals surface area contributed by atoms with Gasteiger partial charge in [-0.05, 0) is 50.0 Å². The number of pyridine rings is 1. The van der Waals surface area contributed by atoms with Gasteiger partial charge in [0.1, 0.15) is 0 Å². The first-order chi connectivity index (χ1) is 7.79. The lowest BCUT2D eigenvalue weighted by Gasteiger charge is -2.03. The lowest BCUT2D eigenvalue weighted by atomic mass is 10.2. The fourth-order valence-corrected chi connectivity index (χ4v) is 1.43. The van der Waals surface area contributed by atoms with Gasteiger partial charge in [-0.1, -0.05) is 0 Å². The van der Waals surface area contributed by atoms with Crippen LogP contribution in [-0.4, -0.2) is 29.1 Å². The van der Waals surface area contributed by atoms with Crippen molar-refractivity contribution < 1.29 is 9.90 Å². The van der Waals surface area contributed by atoms with Crippen molar-refractivity contribution in [3.8, 4) is 0 Å². The predicted octanol–water partition coefficient (Wildman–Crippen LogP) is 1.47. The highest BCUT2D eigenvalue weighted by atomic mass is 16.4. The van der Waals surface area contributed by atoms with Crippen LogP contribution in [0.25, 0.3) is 0 Å². The Morgan fingerprint density at radius 2 is 2.00 bits per heavy atom. The highest BCUT2D eigenvalue weighted by Gasteiger charge is 1.96. The van der Waals surface area contributed by atoms with E-state index >= 15 is 0 Å². The van der Waals surface area contributed by atoms with Crippen LogP contribution in [0, 0.1) is 0 Å². The number of hydrogen-bond acceptors (Lipinski definition) is 3. The molecule has 1 aromatic rings. The highest BCUT2D eigenvalue weighted by Crippen LogP contribution is 1.97. The molecule has 0 saturated heterocycles. The van der Waals surface area contributed by atoms with E-state index in [0.717, 1.165) is 32.4 Å². The maximum atomic E-state index is 10.2. The van der Waals surface area contributed by atoms with Crippen LogP contribution in [0.1, 0.15) is 24.8 Å². The summed E-state index contributed by atoms with van der Waals surface area (Å²) < 4.78 is 0. The Morgan fingerprint density at radius 1 is 1.25 bits per heavy atom. The molecule has 1 heterocycles. The summed E-state index contributed by atoms with van der Waals surface area (Å²) in [6.07, 6.45) is 6.51. The second-order valence-electron chi connectivity index (χ2n) is 3.71. The second-order valence-corrected chi connectivity index (χ2v) is 3.71. The molecule has 16 heavy (non-hydrogen) atoms. The van der Waals surface area contributed by atoms with E-state index in [0.29, 0.717) is 0 Å². The van der Waals surface area contributed by atoms with Gasteiger partial charge in [-0.15, -0.1) is 0 Å². The summed E-state index contributed by atoms with van der Waals surface area (Å²) >= 11 is 0. The summed E-state index contributed by atoms with van der Waals surface area (Å²) in [5.74, 6) is -0.711. The van der Waals surface area contributed by atoms with Crippen LogP contribution >= 0.6 is 0 Å². The number of hydrogen-bond donors (Lipinski definition) is 2. The quantitative estimate of drug-likeness (QED) is 0.654. The molecule has 0 unspecified atom stereocenters. The maximum Gasteiger partial charge on any atom is 0.303 e. The van der Waals surface area contributed by atoms with Crippen LogP contribution in [0.5, 0.6) is 0 Å². The van der Waals surface area contributed by atoms with Gasteiger partial charge < -0.3 is 10.4 Å². The molecule has 0 bridgehead atoms. The van der Waals surface area contributed by atoms with E-state index in [4.69, 9.17) is 5.11 Å². The molecule has 2 N–H and O–H groups in total. The number of carboxylic acids is 1. The van der Waals surface area contributed by atoms with E-state index in [1.54, 1.807) is 12.4 Å². The lowest BCUT2D eigenvalue weighted by molar-refractivity contribution is -0.137. The molecule has 0 amide bonds. The number of carbonyl (C=O) groups is 1. The molecule has 1 aromatic heterocycles. The Kier molecular flexibility index (Phi) is 6.18. The Morgan fingerprint density at radius 3 is 2.69 bits per heavy atom. The molecule has 0 radical (unpaired) electrons. The van der Waals surface area contributed by atoms with E-state index in [-0.39, 0.29) is 6.42 Å². The summed E-state index contributed by atoms with van der Waals surface area (Å²) in [6.45, 7) is 1.81. The van der Waals surface area contributed by atoms with Gasteiger partial charge in [0.15, 0.2) is 0 Å². The van der Waals surface area contributed by atoms with Crippen molar-refractivity contribution in [2.45, 2.75) is 25.7 Å². The monoisotopic (exact) mass is 222 g/mol. The number of nitrogens with zero attached hydrogens (tertiary/aromatic N) is 1. The molecule has 1 rings (SSSR count). The zero-order valence-corrected chi connectivity index (χ0v) is 9.35. The normalized spacial score (nSPS) is 10.2. The number of carboxylic acid groups (broad SMARTS) is 1. The highest BCUT2D eigenvalue weighted by molar-refractivity contribution is 5.66. The molecule has 0 atom stereocenters. The van der Waals surface area contributed by atoms with Crippen molar-refractivity contribution in [1.82, 2.24) is 10.3 Å². The molecule has 0 fully saturated rings. The van der Waals surface area contributed by atoms with E-state index in [1.165, 1.54) is 5.56 Å². The van der Waals surface area contributed by atoms with Crippen molar-refractivity contribution in [2.75, 3.05) is 13.1 Å². The zero-order chi connectivity index (χ0) is 11.6. The lowest BCUT2D eigenvalue weighted by Crippen LogP contribution is -2.18. The second kappa shape index (κ2) is 7.82. The summed E-state index contributed by atoms with van der Waals surface area (Å²) in [5, 5.41) is 11.7. The molecule has 4 nitrogen and oxygen atoms in total. The largest absolute Gasteiger partial charge is 0.481 e. The molecular formula is C12H18N2O2. The van der Waals surface area contributed by atoms with E-state index in [2.05, 4.69) is 10.3 Å². The Hall–Kier alpha value is -1.42. The van der Waals surface area contributed by atoms with E-state index in [1.807, 2.05) is 12.1 Å². The van der Waals surface area contributed by atoms with Crippen LogP contribution in [0.3, 0.4) is 0 Å². The standard InChI is InChI=1S/C12H18N2O2/c15-12(16)3-1-2-7-13-8-4-11-5-9-14-10-6-11/h5-6,9-10,13H,1-4,7-8H2,(H,15,16). The number of rotatable bonds is 8. The van der Waals surface area contributed by atoms with Crippen LogP contribution in [0.4, 0.5) is 0 Å². The third-order valence-corrected chi connectivity index (χ3v) is 2.33. The fraction of sp³-hybridized carbons (Fsp3) is 0.500. The minimum Gasteiger partial charge on any atom is -0.481 e. The Bertz CT molecular complexity index is 301. The Balaban J connectivity index is 1.94. The number of aliphatic carboxylic acids is 1. The van der Waals surface area contributed by atoms with Gasteiger partial charge in [-0.2, -0.15) is 0 Å². The molecular weight excluding hydrogens is 204 g/mol. The fourth-order valence-electron chi connectivity index (χ4n) is 1.43. The van der Waals surface area contributed by atoms with E-state index in [9.17, 15) is 4.79 Å². The minimum atomic E-state index is -0.711. The van der Waals surface area contributed by atoms with Gasteiger partial charge in [0.2, 0.25) is 0 Å². The molecule has 88 valence electrons. The van der Waals surface area contributed by atoms with Gasteiger partial charge in [0, 0.05) is 18.8 Å². The third-order valence-electron chi connectivity index (χ3n) is 2.33. The SMILES string of the molecule is O=C(O)CCCCNCCc1ccncc1. The smallest absolute Gasteiger partial charge is 0.303 e. The average molecular weight is 222 g/mol. The molecule has 0 aliphatic heterocycles. The maximum absolute atomic E-state index is 10.2. The summed E-state index contributed by atoms with van der Waals surface area (Å²) in [5.41, 5.74) is 1.27. The Labute approximate surface area is 95.7 Å². The number of aromatic nitrogens is 1. The van der Waals surface area contributed by atoms with Crippen molar-refractivity contribution in [3.05, 3.63) is 30.1 Å². The van der Waals surface area contributed by atoms with Crippen molar-refractivity contribution in [3.63, 3.8) is 0 Å². The van der Waals surface area contributed by atoms with Crippen molar-refractivity contribution in [1.29, 1.82) is 0 Å². The molecule has 0 saturated carbocycles. The summed E-state index contributed by atoms with van der Waals surface area (Å²) in [7, 11) is 0. The van der Waals surface area contributed by atoms with Crippen molar-refractivity contribution in [2.24, 2.45) is 0 Å². The van der Waals surface area contributed by atoms with Crippen LogP contribution in [-0.2, 0) is 11.2 Å². The molecule has 0 aliphatic rings. The van der Waals surface area contributed by atoms with Crippen LogP contribution in [0.2, 0.25) is 0 Å². The first-order valence-corrected chi connectivity index (χ1v) is 5.60. The first-order valence-electron chi connectivity index (χ1n) is 5.60. The van der Waals surface area contributed by atoms with Gasteiger partial charge >= 0.3 is 5.97 Å². The van der Waals surface area contributed by atoms with Crippen LogP contribution < -0.4 is 5.32 Å². The summed E-state index contributed by atoms with van der Waals surface area (Å²) in [6, 6.07) is 4.01. The number of unbranched alkanes of at least 4 members (excludes halogenated alkanes) is 1. The van der Waals surface area contributed by atoms with E-state index < -0.39 is 5.97 Å². The average Bonchev–Trinajstić information content (AvgIpc) is 2.29. The predicted molar refractivity (Wildman–Crippen MR) is 62.3 cm³/mol. The minimum absolute atomic E-state index is 0.270. The number of nitrogens with one attached hydrogen (secondary N) is 1. The van der Waals surface area contributed by atoms with Gasteiger partial charge in [-0.3, -0.25) is 9.78 Å². The van der Waals surface area contributed by atoms with Gasteiger partial charge in [-0.25, -0.2) is 0 Å². The zero-order valence-electron chi connectivity index (χ0n) is 9.35.